The molecule has 4 nitrogen and oxygen atoms in total. The number of nitro benzene ring substituents is 1. The van der Waals surface area contributed by atoms with Crippen LogP contribution in [0.2, 0.25) is 0 Å². The molecule has 1 aromatic rings. The molecule has 100 valence electrons. The van der Waals surface area contributed by atoms with Crippen molar-refractivity contribution < 1.29 is 22.5 Å². The van der Waals surface area contributed by atoms with Crippen LogP contribution in [0.5, 0.6) is 0 Å². The third-order valence-electron chi connectivity index (χ3n) is 2.33. The Labute approximate surface area is 99.5 Å². The first kappa shape index (κ1) is 14.4. The lowest BCUT2D eigenvalue weighted by Crippen LogP contribution is -2.16. The van der Waals surface area contributed by atoms with Gasteiger partial charge >= 0.3 is 11.9 Å². The van der Waals surface area contributed by atoms with Crippen LogP contribution < -0.4 is 5.73 Å². The molecule has 0 heterocycles. The van der Waals surface area contributed by atoms with E-state index in [4.69, 9.17) is 5.73 Å². The number of alkyl halides is 3. The van der Waals surface area contributed by atoms with Gasteiger partial charge in [-0.3, -0.25) is 10.1 Å². The van der Waals surface area contributed by atoms with E-state index >= 15 is 0 Å². The van der Waals surface area contributed by atoms with Gasteiger partial charge in [-0.15, -0.1) is 0 Å². The predicted molar refractivity (Wildman–Crippen MR) is 55.3 cm³/mol. The summed E-state index contributed by atoms with van der Waals surface area (Å²) in [5.41, 5.74) is 4.78. The molecule has 0 aliphatic rings. The monoisotopic (exact) mass is 266 g/mol. The topological polar surface area (TPSA) is 69.2 Å². The maximum Gasteiger partial charge on any atom is 0.389 e. The molecule has 1 rings (SSSR count). The number of nitrogens with two attached hydrogens (primary N) is 1. The summed E-state index contributed by atoms with van der Waals surface area (Å²) in [6.45, 7) is 0. The lowest BCUT2D eigenvalue weighted by Gasteiger charge is -2.13. The van der Waals surface area contributed by atoms with E-state index in [1.807, 2.05) is 0 Å². The molecule has 0 amide bonds. The van der Waals surface area contributed by atoms with Crippen LogP contribution in [0.4, 0.5) is 23.2 Å². The first-order valence-corrected chi connectivity index (χ1v) is 4.97. The van der Waals surface area contributed by atoms with Crippen molar-refractivity contribution in [3.63, 3.8) is 0 Å². The van der Waals surface area contributed by atoms with Crippen molar-refractivity contribution in [3.8, 4) is 0 Å². The summed E-state index contributed by atoms with van der Waals surface area (Å²) in [6, 6.07) is 1.80. The Morgan fingerprint density at radius 2 is 2.00 bits per heavy atom. The van der Waals surface area contributed by atoms with Crippen LogP contribution in [0.1, 0.15) is 24.4 Å². The maximum absolute atomic E-state index is 13.0. The second kappa shape index (κ2) is 5.30. The van der Waals surface area contributed by atoms with Crippen molar-refractivity contribution in [2.75, 3.05) is 0 Å². The van der Waals surface area contributed by atoms with Gasteiger partial charge in [-0.05, 0) is 18.1 Å². The molecule has 0 aromatic heterocycles. The molecule has 2 N–H and O–H groups in total. The fourth-order valence-electron chi connectivity index (χ4n) is 1.39. The molecular formula is C10H10F4N2O2. The smallest absolute Gasteiger partial charge is 0.324 e. The zero-order chi connectivity index (χ0) is 13.9. The number of nitro groups is 1. The van der Waals surface area contributed by atoms with E-state index in [1.165, 1.54) is 0 Å². The van der Waals surface area contributed by atoms with Crippen molar-refractivity contribution in [1.29, 1.82) is 0 Å². The van der Waals surface area contributed by atoms with Crippen LogP contribution in [0.3, 0.4) is 0 Å². The zero-order valence-corrected chi connectivity index (χ0v) is 9.08. The molecule has 0 aliphatic heterocycles. The van der Waals surface area contributed by atoms with Crippen LogP contribution in [-0.4, -0.2) is 11.1 Å². The van der Waals surface area contributed by atoms with Crippen LogP contribution in [-0.2, 0) is 0 Å². The largest absolute Gasteiger partial charge is 0.389 e. The Bertz CT molecular complexity index is 448. The quantitative estimate of drug-likeness (QED) is 0.517. The summed E-state index contributed by atoms with van der Waals surface area (Å²) in [5.74, 6) is -1.05. The van der Waals surface area contributed by atoms with Crippen molar-refractivity contribution in [3.05, 3.63) is 39.7 Å². The lowest BCUT2D eigenvalue weighted by molar-refractivity contribution is -0.387. The van der Waals surface area contributed by atoms with E-state index in [1.54, 1.807) is 0 Å². The van der Waals surface area contributed by atoms with E-state index in [0.29, 0.717) is 0 Å². The van der Waals surface area contributed by atoms with Gasteiger partial charge < -0.3 is 5.73 Å². The highest BCUT2D eigenvalue weighted by atomic mass is 19.4. The Balaban J connectivity index is 2.83. The summed E-state index contributed by atoms with van der Waals surface area (Å²) in [6.07, 6.45) is -5.85. The van der Waals surface area contributed by atoms with E-state index in [2.05, 4.69) is 0 Å². The van der Waals surface area contributed by atoms with Gasteiger partial charge in [0.15, 0.2) is 0 Å². The summed E-state index contributed by atoms with van der Waals surface area (Å²) >= 11 is 0. The number of rotatable bonds is 4. The first-order valence-electron chi connectivity index (χ1n) is 4.97. The molecule has 0 radical (unpaired) electrons. The van der Waals surface area contributed by atoms with Gasteiger partial charge in [-0.25, -0.2) is 0 Å². The highest BCUT2D eigenvalue weighted by Crippen LogP contribution is 2.28. The SMILES string of the molecule is N[C@H](CCC(F)(F)F)c1ccc(F)c([N+](=O)[O-])c1. The molecule has 1 aromatic carbocycles. The summed E-state index contributed by atoms with van der Waals surface area (Å²) < 4.78 is 48.9. The second-order valence-corrected chi connectivity index (χ2v) is 3.73. The summed E-state index contributed by atoms with van der Waals surface area (Å²) in [7, 11) is 0. The van der Waals surface area contributed by atoms with Gasteiger partial charge in [0.2, 0.25) is 5.82 Å². The molecule has 0 spiro atoms. The highest BCUT2D eigenvalue weighted by Gasteiger charge is 2.28. The Morgan fingerprint density at radius 1 is 1.39 bits per heavy atom. The molecular weight excluding hydrogens is 256 g/mol. The van der Waals surface area contributed by atoms with Crippen LogP contribution in [0, 0.1) is 15.9 Å². The average molecular weight is 266 g/mol. The van der Waals surface area contributed by atoms with Gasteiger partial charge in [0.1, 0.15) is 0 Å². The van der Waals surface area contributed by atoms with E-state index in [-0.39, 0.29) is 5.56 Å². The second-order valence-electron chi connectivity index (χ2n) is 3.73. The molecule has 18 heavy (non-hydrogen) atoms. The fourth-order valence-corrected chi connectivity index (χ4v) is 1.39. The Hall–Kier alpha value is -1.70. The molecule has 0 unspecified atom stereocenters. The van der Waals surface area contributed by atoms with Gasteiger partial charge in [-0.1, -0.05) is 6.07 Å². The van der Waals surface area contributed by atoms with Crippen LogP contribution in [0.15, 0.2) is 18.2 Å². The number of nitrogens with zero attached hydrogens (tertiary/aromatic N) is 1. The van der Waals surface area contributed by atoms with Gasteiger partial charge in [-0.2, -0.15) is 17.6 Å². The Morgan fingerprint density at radius 3 is 2.50 bits per heavy atom. The normalized spacial score (nSPS) is 13.4. The minimum atomic E-state index is -4.34. The van der Waals surface area contributed by atoms with Gasteiger partial charge in [0.05, 0.1) is 4.92 Å². The van der Waals surface area contributed by atoms with Crippen molar-refractivity contribution in [1.82, 2.24) is 0 Å². The summed E-state index contributed by atoms with van der Waals surface area (Å²) in [4.78, 5) is 9.51. The average Bonchev–Trinajstić information content (AvgIpc) is 2.25. The third kappa shape index (κ3) is 3.95. The first-order chi connectivity index (χ1) is 8.20. The van der Waals surface area contributed by atoms with Crippen LogP contribution in [0.25, 0.3) is 0 Å². The minimum absolute atomic E-state index is 0.104. The molecule has 1 atom stereocenters. The zero-order valence-electron chi connectivity index (χ0n) is 9.08. The molecule has 0 aliphatic carbocycles. The molecule has 0 bridgehead atoms. The third-order valence-corrected chi connectivity index (χ3v) is 2.33. The van der Waals surface area contributed by atoms with Crippen molar-refractivity contribution in [2.24, 2.45) is 5.73 Å². The maximum atomic E-state index is 13.0. The molecule has 0 saturated carbocycles. The van der Waals surface area contributed by atoms with E-state index < -0.39 is 41.5 Å². The minimum Gasteiger partial charge on any atom is -0.324 e. The van der Waals surface area contributed by atoms with Gasteiger partial charge in [0.25, 0.3) is 0 Å². The van der Waals surface area contributed by atoms with Crippen LogP contribution >= 0.6 is 0 Å². The standard InChI is InChI=1S/C10H10F4N2O2/c11-7-2-1-6(5-9(7)16(17)18)8(15)3-4-10(12,13)14/h1-2,5,8H,3-4,15H2/t8-/m1/s1. The lowest BCUT2D eigenvalue weighted by atomic mass is 10.0. The van der Waals surface area contributed by atoms with Crippen molar-refractivity contribution in [2.45, 2.75) is 25.1 Å². The number of benzene rings is 1. The number of hydrogen-bond donors (Lipinski definition) is 1. The fraction of sp³-hybridized carbons (Fsp3) is 0.400. The highest BCUT2D eigenvalue weighted by molar-refractivity contribution is 5.37. The number of hydrogen-bond acceptors (Lipinski definition) is 3. The molecule has 8 heteroatoms. The predicted octanol–water partition coefficient (Wildman–Crippen LogP) is 3.08. The van der Waals surface area contributed by atoms with E-state index in [0.717, 1.165) is 18.2 Å². The molecule has 0 fully saturated rings. The molecule has 0 saturated heterocycles. The van der Waals surface area contributed by atoms with Gasteiger partial charge in [0, 0.05) is 18.5 Å². The van der Waals surface area contributed by atoms with E-state index in [9.17, 15) is 27.7 Å². The Kier molecular flexibility index (Phi) is 4.23. The number of halogens is 4. The van der Waals surface area contributed by atoms with Crippen molar-refractivity contribution >= 4 is 5.69 Å². The summed E-state index contributed by atoms with van der Waals surface area (Å²) in [5, 5.41) is 10.5.